The molecule has 3 N–H and O–H groups in total. The van der Waals surface area contributed by atoms with Gasteiger partial charge in [-0.1, -0.05) is 19.3 Å². The van der Waals surface area contributed by atoms with Crippen LogP contribution in [0.1, 0.15) is 45.4 Å². The molecule has 0 amide bonds. The zero-order valence-electron chi connectivity index (χ0n) is 10.7. The quantitative estimate of drug-likeness (QED) is 0.323. The zero-order valence-corrected chi connectivity index (χ0v) is 10.7. The molecule has 0 aliphatic rings. The highest BCUT2D eigenvalue weighted by atomic mass is 16.9. The lowest BCUT2D eigenvalue weighted by Gasteiger charge is -2.12. The summed E-state index contributed by atoms with van der Waals surface area (Å²) in [4.78, 5) is 25.4. The van der Waals surface area contributed by atoms with Crippen LogP contribution in [0.3, 0.4) is 0 Å². The van der Waals surface area contributed by atoms with E-state index in [0.29, 0.717) is 12.8 Å². The second-order valence-electron chi connectivity index (χ2n) is 4.31. The maximum atomic E-state index is 11.4. The molecule has 7 nitrogen and oxygen atoms in total. The normalized spacial score (nSPS) is 13.9. The maximum Gasteiger partial charge on any atom is 0.294 e. The van der Waals surface area contributed by atoms with Crippen LogP contribution >= 0.6 is 0 Å². The molecule has 0 fully saturated rings. The van der Waals surface area contributed by atoms with Gasteiger partial charge in [-0.2, -0.15) is 0 Å². The molecule has 0 aromatic heterocycles. The van der Waals surface area contributed by atoms with Gasteiger partial charge < -0.3 is 15.7 Å². The molecule has 2 atom stereocenters. The Kier molecular flexibility index (Phi) is 9.13. The minimum atomic E-state index is -0.809. The Morgan fingerprint density at radius 2 is 1.89 bits per heavy atom. The fourth-order valence-electron chi connectivity index (χ4n) is 1.51. The van der Waals surface area contributed by atoms with Crippen LogP contribution in [0.4, 0.5) is 0 Å². The van der Waals surface area contributed by atoms with Gasteiger partial charge in [-0.05, 0) is 19.8 Å². The number of hydrogen-bond acceptors (Lipinski definition) is 6. The van der Waals surface area contributed by atoms with E-state index in [-0.39, 0.29) is 12.4 Å². The van der Waals surface area contributed by atoms with Crippen molar-refractivity contribution in [1.29, 1.82) is 0 Å². The van der Waals surface area contributed by atoms with Crippen LogP contribution in [0.25, 0.3) is 0 Å². The predicted octanol–water partition coefficient (Wildman–Crippen LogP) is 0.812. The summed E-state index contributed by atoms with van der Waals surface area (Å²) < 4.78 is 0. The molecule has 0 heterocycles. The number of aliphatic hydroxyl groups is 1. The number of nitrogens with zero attached hydrogens (tertiary/aromatic N) is 1. The Balaban J connectivity index is 3.35. The van der Waals surface area contributed by atoms with E-state index in [0.717, 1.165) is 25.7 Å². The van der Waals surface area contributed by atoms with Crippen LogP contribution in [0.5, 0.6) is 0 Å². The van der Waals surface area contributed by atoms with Crippen molar-refractivity contribution < 1.29 is 19.8 Å². The number of Topliss-reactive ketones (excluding diaryl/α,β-unsaturated/α-hetero) is 1. The number of unbranched alkanes of at least 4 members (excludes halogenated alkanes) is 4. The van der Waals surface area contributed by atoms with E-state index in [4.69, 9.17) is 10.8 Å². The molecule has 0 saturated carbocycles. The molecule has 106 valence electrons. The predicted molar refractivity (Wildman–Crippen MR) is 65.3 cm³/mol. The van der Waals surface area contributed by atoms with Gasteiger partial charge in [0.05, 0.1) is 18.8 Å². The molecular weight excluding hydrogens is 240 g/mol. The van der Waals surface area contributed by atoms with Gasteiger partial charge in [0.1, 0.15) is 0 Å². The van der Waals surface area contributed by atoms with Gasteiger partial charge in [0.15, 0.2) is 5.78 Å². The van der Waals surface area contributed by atoms with Gasteiger partial charge in [0.2, 0.25) is 0 Å². The van der Waals surface area contributed by atoms with E-state index >= 15 is 0 Å². The first kappa shape index (κ1) is 16.8. The average Bonchev–Trinajstić information content (AvgIpc) is 2.30. The molecule has 0 bridgehead atoms. The fraction of sp³-hybridized carbons (Fsp3) is 0.909. The number of aliphatic hydroxyl groups excluding tert-OH is 1. The Labute approximate surface area is 106 Å². The van der Waals surface area contributed by atoms with E-state index < -0.39 is 17.2 Å². The van der Waals surface area contributed by atoms with Crippen molar-refractivity contribution >= 4 is 5.78 Å². The van der Waals surface area contributed by atoms with Crippen LogP contribution in [-0.2, 0) is 9.63 Å². The second kappa shape index (κ2) is 9.78. The number of carbonyl (C=O) groups is 1. The maximum absolute atomic E-state index is 11.4. The van der Waals surface area contributed by atoms with Gasteiger partial charge in [0.25, 0.3) is 5.09 Å². The van der Waals surface area contributed by atoms with E-state index in [1.165, 1.54) is 6.92 Å². The van der Waals surface area contributed by atoms with Gasteiger partial charge >= 0.3 is 0 Å². The van der Waals surface area contributed by atoms with Crippen LogP contribution in [0, 0.1) is 10.1 Å². The smallest absolute Gasteiger partial charge is 0.294 e. The highest BCUT2D eigenvalue weighted by Gasteiger charge is 2.17. The van der Waals surface area contributed by atoms with Crippen molar-refractivity contribution in [3.63, 3.8) is 0 Å². The number of rotatable bonds is 11. The summed E-state index contributed by atoms with van der Waals surface area (Å²) in [6.07, 6.45) is 3.55. The Bertz CT molecular complexity index is 258. The first-order chi connectivity index (χ1) is 8.45. The Hall–Kier alpha value is -1.21. The highest BCUT2D eigenvalue weighted by molar-refractivity contribution is 5.84. The standard InChI is InChI=1S/C11H22N2O5/c1-9(14)11(12)10(15)7-5-3-2-4-6-8-18-13(16)17/h9,11,14H,2-8,12H2,1H3. The van der Waals surface area contributed by atoms with Crippen LogP contribution < -0.4 is 5.73 Å². The lowest BCUT2D eigenvalue weighted by Crippen LogP contribution is -2.40. The van der Waals surface area contributed by atoms with Crippen molar-refractivity contribution in [2.45, 2.75) is 57.6 Å². The molecule has 0 aromatic carbocycles. The van der Waals surface area contributed by atoms with Crippen LogP contribution in [0.15, 0.2) is 0 Å². The average molecular weight is 262 g/mol. The van der Waals surface area contributed by atoms with Gasteiger partial charge in [-0.25, -0.2) is 0 Å². The van der Waals surface area contributed by atoms with E-state index in [1.807, 2.05) is 0 Å². The summed E-state index contributed by atoms with van der Waals surface area (Å²) in [5, 5.41) is 18.2. The lowest BCUT2D eigenvalue weighted by atomic mass is 10.0. The third-order valence-electron chi connectivity index (χ3n) is 2.66. The molecule has 0 aromatic rings. The summed E-state index contributed by atoms with van der Waals surface area (Å²) in [5.41, 5.74) is 5.49. The van der Waals surface area contributed by atoms with Gasteiger partial charge in [-0.15, -0.1) is 10.1 Å². The third kappa shape index (κ3) is 8.89. The zero-order chi connectivity index (χ0) is 14.0. The molecule has 0 aliphatic carbocycles. The van der Waals surface area contributed by atoms with Crippen LogP contribution in [0.2, 0.25) is 0 Å². The topological polar surface area (TPSA) is 116 Å². The minimum absolute atomic E-state index is 0.123. The summed E-state index contributed by atoms with van der Waals surface area (Å²) in [5.74, 6) is -0.123. The minimum Gasteiger partial charge on any atom is -0.391 e. The van der Waals surface area contributed by atoms with Crippen LogP contribution in [-0.4, -0.2) is 34.7 Å². The number of nitrogens with two attached hydrogens (primary N) is 1. The molecule has 2 unspecified atom stereocenters. The molecule has 0 radical (unpaired) electrons. The molecule has 18 heavy (non-hydrogen) atoms. The monoisotopic (exact) mass is 262 g/mol. The summed E-state index contributed by atoms with van der Waals surface area (Å²) >= 11 is 0. The third-order valence-corrected chi connectivity index (χ3v) is 2.66. The highest BCUT2D eigenvalue weighted by Crippen LogP contribution is 2.07. The molecule has 0 aliphatic heterocycles. The van der Waals surface area contributed by atoms with Crippen molar-refractivity contribution in [3.8, 4) is 0 Å². The van der Waals surface area contributed by atoms with Gasteiger partial charge in [-0.3, -0.25) is 4.79 Å². The second-order valence-corrected chi connectivity index (χ2v) is 4.31. The van der Waals surface area contributed by atoms with E-state index in [2.05, 4.69) is 4.84 Å². The number of hydrogen-bond donors (Lipinski definition) is 2. The lowest BCUT2D eigenvalue weighted by molar-refractivity contribution is -0.757. The summed E-state index contributed by atoms with van der Waals surface area (Å²) in [6, 6.07) is -0.793. The largest absolute Gasteiger partial charge is 0.391 e. The molecular formula is C11H22N2O5. The van der Waals surface area contributed by atoms with Crippen molar-refractivity contribution in [1.82, 2.24) is 0 Å². The van der Waals surface area contributed by atoms with Crippen molar-refractivity contribution in [2.24, 2.45) is 5.73 Å². The number of ketones is 1. The Morgan fingerprint density at radius 1 is 1.33 bits per heavy atom. The Morgan fingerprint density at radius 3 is 2.44 bits per heavy atom. The SMILES string of the molecule is CC(O)C(N)C(=O)CCCCCCCO[N+](=O)[O-]. The molecule has 0 saturated heterocycles. The first-order valence-electron chi connectivity index (χ1n) is 6.18. The van der Waals surface area contributed by atoms with Crippen molar-refractivity contribution in [3.05, 3.63) is 10.1 Å². The molecule has 7 heteroatoms. The first-order valence-corrected chi connectivity index (χ1v) is 6.18. The number of carbonyl (C=O) groups excluding carboxylic acids is 1. The van der Waals surface area contributed by atoms with Crippen molar-refractivity contribution in [2.75, 3.05) is 6.61 Å². The van der Waals surface area contributed by atoms with Gasteiger partial charge in [0, 0.05) is 6.42 Å². The van der Waals surface area contributed by atoms with E-state index in [1.54, 1.807) is 0 Å². The van der Waals surface area contributed by atoms with E-state index in [9.17, 15) is 14.9 Å². The molecule has 0 rings (SSSR count). The fourth-order valence-corrected chi connectivity index (χ4v) is 1.51. The summed E-state index contributed by atoms with van der Waals surface area (Å²) in [6.45, 7) is 1.62. The summed E-state index contributed by atoms with van der Waals surface area (Å²) in [7, 11) is 0. The molecule has 0 spiro atoms.